The lowest BCUT2D eigenvalue weighted by atomic mass is 10.1. The third kappa shape index (κ3) is 5.60. The Morgan fingerprint density at radius 1 is 1.08 bits per heavy atom. The van der Waals surface area contributed by atoms with Crippen LogP contribution in [0.25, 0.3) is 0 Å². The molecular formula is C19H21FN2O2S. The fourth-order valence-electron chi connectivity index (χ4n) is 2.13. The van der Waals surface area contributed by atoms with Crippen molar-refractivity contribution < 1.29 is 14.0 Å². The van der Waals surface area contributed by atoms with Crippen LogP contribution < -0.4 is 10.6 Å². The molecule has 0 unspecified atom stereocenters. The molecule has 0 saturated heterocycles. The number of hydrogen-bond acceptors (Lipinski definition) is 3. The molecule has 0 aliphatic heterocycles. The molecule has 0 aromatic heterocycles. The first kappa shape index (κ1) is 19.0. The number of thioether (sulfide) groups is 1. The molecule has 1 atom stereocenters. The standard InChI is InChI=1S/C19H21FN2O2S/c1-12-5-4-6-17(13(12)2)22-19(24)14(3)25-11-18(23)21-16-9-7-15(20)8-10-16/h4-10,14H,11H2,1-3H3,(H,21,23)(H,22,24)/t14-/m0/s1. The number of rotatable bonds is 6. The van der Waals surface area contributed by atoms with Crippen LogP contribution in [-0.4, -0.2) is 22.8 Å². The summed E-state index contributed by atoms with van der Waals surface area (Å²) in [7, 11) is 0. The van der Waals surface area contributed by atoms with Crippen LogP contribution in [0.15, 0.2) is 42.5 Å². The summed E-state index contributed by atoms with van der Waals surface area (Å²) in [4.78, 5) is 24.2. The van der Waals surface area contributed by atoms with Gasteiger partial charge in [0.25, 0.3) is 0 Å². The zero-order valence-corrected chi connectivity index (χ0v) is 15.2. The zero-order chi connectivity index (χ0) is 18.4. The smallest absolute Gasteiger partial charge is 0.237 e. The van der Waals surface area contributed by atoms with Crippen LogP contribution in [0.4, 0.5) is 15.8 Å². The molecule has 0 saturated carbocycles. The summed E-state index contributed by atoms with van der Waals surface area (Å²) in [6, 6.07) is 11.3. The average molecular weight is 360 g/mol. The lowest BCUT2D eigenvalue weighted by Crippen LogP contribution is -2.25. The van der Waals surface area contributed by atoms with Gasteiger partial charge in [-0.15, -0.1) is 11.8 Å². The van der Waals surface area contributed by atoms with Crippen molar-refractivity contribution in [3.8, 4) is 0 Å². The van der Waals surface area contributed by atoms with Gasteiger partial charge in [0.1, 0.15) is 5.82 Å². The Labute approximate surface area is 151 Å². The summed E-state index contributed by atoms with van der Waals surface area (Å²) in [5.74, 6) is -0.598. The van der Waals surface area contributed by atoms with Crippen LogP contribution in [0, 0.1) is 19.7 Å². The Balaban J connectivity index is 1.83. The SMILES string of the molecule is Cc1cccc(NC(=O)[C@H](C)SCC(=O)Nc2ccc(F)cc2)c1C. The summed E-state index contributed by atoms with van der Waals surface area (Å²) in [6.07, 6.45) is 0. The molecule has 0 aliphatic rings. The minimum Gasteiger partial charge on any atom is -0.325 e. The lowest BCUT2D eigenvalue weighted by Gasteiger charge is -2.14. The molecule has 0 fully saturated rings. The van der Waals surface area contributed by atoms with Crippen molar-refractivity contribution in [3.05, 3.63) is 59.4 Å². The van der Waals surface area contributed by atoms with E-state index in [1.165, 1.54) is 36.0 Å². The molecule has 2 aromatic rings. The van der Waals surface area contributed by atoms with Crippen molar-refractivity contribution in [2.24, 2.45) is 0 Å². The van der Waals surface area contributed by atoms with Crippen molar-refractivity contribution in [2.75, 3.05) is 16.4 Å². The van der Waals surface area contributed by atoms with E-state index in [1.54, 1.807) is 6.92 Å². The summed E-state index contributed by atoms with van der Waals surface area (Å²) in [6.45, 7) is 5.71. The third-order valence-electron chi connectivity index (χ3n) is 3.82. The van der Waals surface area contributed by atoms with Crippen LogP contribution in [0.5, 0.6) is 0 Å². The highest BCUT2D eigenvalue weighted by Gasteiger charge is 2.16. The molecule has 0 bridgehead atoms. The van der Waals surface area contributed by atoms with E-state index in [2.05, 4.69) is 10.6 Å². The number of nitrogens with one attached hydrogen (secondary N) is 2. The molecule has 2 amide bonds. The molecular weight excluding hydrogens is 339 g/mol. The molecule has 4 nitrogen and oxygen atoms in total. The van der Waals surface area contributed by atoms with Gasteiger partial charge in [-0.3, -0.25) is 9.59 Å². The molecule has 6 heteroatoms. The Kier molecular flexibility index (Phi) is 6.58. The first-order valence-corrected chi connectivity index (χ1v) is 8.96. The normalized spacial score (nSPS) is 11.7. The molecule has 0 heterocycles. The quantitative estimate of drug-likeness (QED) is 0.814. The van der Waals surface area contributed by atoms with E-state index < -0.39 is 0 Å². The molecule has 2 aromatic carbocycles. The number of carbonyl (C=O) groups is 2. The van der Waals surface area contributed by atoms with Crippen LogP contribution in [0.3, 0.4) is 0 Å². The van der Waals surface area contributed by atoms with E-state index in [-0.39, 0.29) is 28.6 Å². The van der Waals surface area contributed by atoms with Crippen molar-refractivity contribution in [3.63, 3.8) is 0 Å². The number of carbonyl (C=O) groups excluding carboxylic acids is 2. The number of benzene rings is 2. The fourth-order valence-corrected chi connectivity index (χ4v) is 2.81. The van der Waals surface area contributed by atoms with Crippen molar-refractivity contribution in [1.82, 2.24) is 0 Å². The van der Waals surface area contributed by atoms with Gasteiger partial charge in [0.2, 0.25) is 11.8 Å². The lowest BCUT2D eigenvalue weighted by molar-refractivity contribution is -0.115. The van der Waals surface area contributed by atoms with E-state index in [1.807, 2.05) is 32.0 Å². The molecule has 0 aliphatic carbocycles. The highest BCUT2D eigenvalue weighted by molar-refractivity contribution is 8.01. The molecule has 2 N–H and O–H groups in total. The molecule has 0 radical (unpaired) electrons. The van der Waals surface area contributed by atoms with Gasteiger partial charge in [-0.1, -0.05) is 12.1 Å². The Hall–Kier alpha value is -2.34. The predicted octanol–water partition coefficient (Wildman–Crippen LogP) is 4.14. The van der Waals surface area contributed by atoms with Crippen LogP contribution in [0.2, 0.25) is 0 Å². The molecule has 0 spiro atoms. The first-order valence-electron chi connectivity index (χ1n) is 7.91. The van der Waals surface area contributed by atoms with Gasteiger partial charge < -0.3 is 10.6 Å². The predicted molar refractivity (Wildman–Crippen MR) is 101 cm³/mol. The maximum atomic E-state index is 12.8. The average Bonchev–Trinajstić information content (AvgIpc) is 2.58. The highest BCUT2D eigenvalue weighted by Crippen LogP contribution is 2.20. The fraction of sp³-hybridized carbons (Fsp3) is 0.263. The monoisotopic (exact) mass is 360 g/mol. The van der Waals surface area contributed by atoms with Crippen molar-refractivity contribution in [1.29, 1.82) is 0 Å². The Bertz CT molecular complexity index is 763. The van der Waals surface area contributed by atoms with Crippen LogP contribution in [0.1, 0.15) is 18.1 Å². The Morgan fingerprint density at radius 3 is 2.44 bits per heavy atom. The first-order chi connectivity index (χ1) is 11.9. The second kappa shape index (κ2) is 8.67. The van der Waals surface area contributed by atoms with Crippen LogP contribution in [-0.2, 0) is 9.59 Å². The van der Waals surface area contributed by atoms with E-state index in [4.69, 9.17) is 0 Å². The molecule has 2 rings (SSSR count). The Morgan fingerprint density at radius 2 is 1.76 bits per heavy atom. The van der Waals surface area contributed by atoms with E-state index in [0.717, 1.165) is 16.8 Å². The maximum Gasteiger partial charge on any atom is 0.237 e. The van der Waals surface area contributed by atoms with Crippen molar-refractivity contribution >= 4 is 35.0 Å². The van der Waals surface area contributed by atoms with Gasteiger partial charge in [0.15, 0.2) is 0 Å². The highest BCUT2D eigenvalue weighted by atomic mass is 32.2. The minimum atomic E-state index is -0.376. The summed E-state index contributed by atoms with van der Waals surface area (Å²) >= 11 is 1.25. The number of anilines is 2. The maximum absolute atomic E-state index is 12.8. The molecule has 25 heavy (non-hydrogen) atoms. The van der Waals surface area contributed by atoms with E-state index in [9.17, 15) is 14.0 Å². The number of amides is 2. The summed E-state index contributed by atoms with van der Waals surface area (Å²) in [5, 5.41) is 5.19. The van der Waals surface area contributed by atoms with Crippen molar-refractivity contribution in [2.45, 2.75) is 26.0 Å². The number of halogens is 1. The second-order valence-corrected chi connectivity index (χ2v) is 7.07. The topological polar surface area (TPSA) is 58.2 Å². The zero-order valence-electron chi connectivity index (χ0n) is 14.4. The van der Waals surface area contributed by atoms with Gasteiger partial charge in [-0.25, -0.2) is 4.39 Å². The van der Waals surface area contributed by atoms with Gasteiger partial charge >= 0.3 is 0 Å². The van der Waals surface area contributed by atoms with Gasteiger partial charge in [0.05, 0.1) is 11.0 Å². The molecule has 132 valence electrons. The van der Waals surface area contributed by atoms with E-state index in [0.29, 0.717) is 5.69 Å². The van der Waals surface area contributed by atoms with Crippen LogP contribution >= 0.6 is 11.8 Å². The van der Waals surface area contributed by atoms with E-state index >= 15 is 0 Å². The summed E-state index contributed by atoms with van der Waals surface area (Å²) in [5.41, 5.74) is 3.45. The minimum absolute atomic E-state index is 0.138. The number of hydrogen-bond donors (Lipinski definition) is 2. The van der Waals surface area contributed by atoms with Gasteiger partial charge in [-0.2, -0.15) is 0 Å². The number of aryl methyl sites for hydroxylation is 1. The second-order valence-electron chi connectivity index (χ2n) is 5.75. The van der Waals surface area contributed by atoms with Gasteiger partial charge in [0, 0.05) is 11.4 Å². The largest absolute Gasteiger partial charge is 0.325 e. The van der Waals surface area contributed by atoms with Gasteiger partial charge in [-0.05, 0) is 62.2 Å². The third-order valence-corrected chi connectivity index (χ3v) is 4.97. The summed E-state index contributed by atoms with van der Waals surface area (Å²) < 4.78 is 12.8.